The number of guanidine groups is 1. The molecular weight excluding hydrogens is 333 g/mol. The second-order valence-corrected chi connectivity index (χ2v) is 7.42. The van der Waals surface area contributed by atoms with Crippen LogP contribution in [-0.2, 0) is 10.2 Å². The van der Waals surface area contributed by atoms with E-state index in [-0.39, 0.29) is 11.2 Å². The Morgan fingerprint density at radius 1 is 1.27 bits per heavy atom. The van der Waals surface area contributed by atoms with Crippen molar-refractivity contribution < 1.29 is 14.2 Å². The van der Waals surface area contributed by atoms with E-state index >= 15 is 0 Å². The SMILES string of the molecule is CCNC(=NCC1(c2ccccc2F)CC1)NCC(O)COCC(C)C. The number of aliphatic hydroxyl groups is 1. The highest BCUT2D eigenvalue weighted by molar-refractivity contribution is 5.79. The van der Waals surface area contributed by atoms with E-state index in [0.717, 1.165) is 24.9 Å². The van der Waals surface area contributed by atoms with Crippen molar-refractivity contribution in [1.82, 2.24) is 10.6 Å². The van der Waals surface area contributed by atoms with Crippen molar-refractivity contribution in [3.63, 3.8) is 0 Å². The van der Waals surface area contributed by atoms with Crippen molar-refractivity contribution in [2.24, 2.45) is 10.9 Å². The summed E-state index contributed by atoms with van der Waals surface area (Å²) in [4.78, 5) is 4.62. The lowest BCUT2D eigenvalue weighted by molar-refractivity contribution is 0.0280. The summed E-state index contributed by atoms with van der Waals surface area (Å²) >= 11 is 0. The summed E-state index contributed by atoms with van der Waals surface area (Å²) in [6.45, 7) is 8.68. The molecule has 0 aromatic heterocycles. The molecule has 146 valence electrons. The van der Waals surface area contributed by atoms with Gasteiger partial charge in [0.15, 0.2) is 5.96 Å². The zero-order valence-corrected chi connectivity index (χ0v) is 16.1. The van der Waals surface area contributed by atoms with Gasteiger partial charge in [0.25, 0.3) is 0 Å². The monoisotopic (exact) mass is 365 g/mol. The molecule has 0 amide bonds. The van der Waals surface area contributed by atoms with E-state index in [1.807, 2.05) is 19.1 Å². The minimum atomic E-state index is -0.598. The Bertz CT molecular complexity index is 588. The Kier molecular flexibility index (Phi) is 7.85. The molecular formula is C20H32FN3O2. The Labute approximate surface area is 156 Å². The molecule has 1 aliphatic rings. The van der Waals surface area contributed by atoms with Crippen LogP contribution in [0.15, 0.2) is 29.3 Å². The molecule has 3 N–H and O–H groups in total. The molecule has 0 spiro atoms. The van der Waals surface area contributed by atoms with Crippen LogP contribution in [-0.4, -0.2) is 50.0 Å². The third kappa shape index (κ3) is 6.25. The highest BCUT2D eigenvalue weighted by Crippen LogP contribution is 2.49. The molecule has 1 aliphatic carbocycles. The number of rotatable bonds is 10. The van der Waals surface area contributed by atoms with E-state index in [4.69, 9.17) is 4.74 Å². The molecule has 1 atom stereocenters. The van der Waals surface area contributed by atoms with Gasteiger partial charge >= 0.3 is 0 Å². The van der Waals surface area contributed by atoms with Crippen LogP contribution in [0.25, 0.3) is 0 Å². The minimum absolute atomic E-state index is 0.157. The van der Waals surface area contributed by atoms with Crippen molar-refractivity contribution in [2.75, 3.05) is 32.8 Å². The van der Waals surface area contributed by atoms with Crippen molar-refractivity contribution in [3.05, 3.63) is 35.6 Å². The Morgan fingerprint density at radius 2 is 2.00 bits per heavy atom. The quantitative estimate of drug-likeness (QED) is 0.440. The molecule has 6 heteroatoms. The molecule has 26 heavy (non-hydrogen) atoms. The molecule has 0 bridgehead atoms. The Balaban J connectivity index is 1.87. The first-order valence-electron chi connectivity index (χ1n) is 9.50. The van der Waals surface area contributed by atoms with Gasteiger partial charge < -0.3 is 20.5 Å². The van der Waals surface area contributed by atoms with Crippen molar-refractivity contribution in [1.29, 1.82) is 0 Å². The smallest absolute Gasteiger partial charge is 0.191 e. The van der Waals surface area contributed by atoms with Gasteiger partial charge in [-0.2, -0.15) is 0 Å². The average molecular weight is 365 g/mol. The first kappa shape index (κ1) is 20.6. The number of aliphatic imine (C=N–C) groups is 1. The fraction of sp³-hybridized carbons (Fsp3) is 0.650. The van der Waals surface area contributed by atoms with E-state index < -0.39 is 6.10 Å². The van der Waals surface area contributed by atoms with Gasteiger partial charge in [-0.05, 0) is 37.3 Å². The first-order valence-corrected chi connectivity index (χ1v) is 9.50. The molecule has 1 aromatic rings. The molecule has 1 unspecified atom stereocenters. The molecule has 0 aliphatic heterocycles. The number of hydrogen-bond donors (Lipinski definition) is 3. The van der Waals surface area contributed by atoms with Crippen LogP contribution in [0.1, 0.15) is 39.2 Å². The summed E-state index contributed by atoms with van der Waals surface area (Å²) < 4.78 is 19.6. The number of halogens is 1. The van der Waals surface area contributed by atoms with Crippen molar-refractivity contribution in [3.8, 4) is 0 Å². The van der Waals surface area contributed by atoms with Gasteiger partial charge in [-0.25, -0.2) is 4.39 Å². The maximum Gasteiger partial charge on any atom is 0.191 e. The highest BCUT2D eigenvalue weighted by Gasteiger charge is 2.45. The number of ether oxygens (including phenoxy) is 1. The predicted octanol–water partition coefficient (Wildman–Crippen LogP) is 2.45. The van der Waals surface area contributed by atoms with Crippen LogP contribution in [0.3, 0.4) is 0 Å². The second kappa shape index (κ2) is 9.88. The van der Waals surface area contributed by atoms with Gasteiger partial charge in [0.2, 0.25) is 0 Å². The number of nitrogens with one attached hydrogen (secondary N) is 2. The van der Waals surface area contributed by atoms with Crippen molar-refractivity contribution in [2.45, 2.75) is 45.1 Å². The Morgan fingerprint density at radius 3 is 2.62 bits per heavy atom. The van der Waals surface area contributed by atoms with E-state index in [1.54, 1.807) is 6.07 Å². The fourth-order valence-corrected chi connectivity index (χ4v) is 2.84. The van der Waals surface area contributed by atoms with Gasteiger partial charge in [0.05, 0.1) is 19.3 Å². The molecule has 1 aromatic carbocycles. The Hall–Kier alpha value is -1.66. The van der Waals surface area contributed by atoms with Gasteiger partial charge in [0, 0.05) is 25.1 Å². The summed E-state index contributed by atoms with van der Waals surface area (Å²) in [6, 6.07) is 6.95. The topological polar surface area (TPSA) is 65.9 Å². The van der Waals surface area contributed by atoms with Gasteiger partial charge in [0.1, 0.15) is 5.82 Å². The highest BCUT2D eigenvalue weighted by atomic mass is 19.1. The lowest BCUT2D eigenvalue weighted by Gasteiger charge is -2.18. The third-order valence-electron chi connectivity index (χ3n) is 4.45. The van der Waals surface area contributed by atoms with Crippen LogP contribution in [0.2, 0.25) is 0 Å². The van der Waals surface area contributed by atoms with Gasteiger partial charge in [-0.3, -0.25) is 4.99 Å². The fourth-order valence-electron chi connectivity index (χ4n) is 2.84. The van der Waals surface area contributed by atoms with Crippen LogP contribution in [0.4, 0.5) is 4.39 Å². The van der Waals surface area contributed by atoms with E-state index in [2.05, 4.69) is 29.5 Å². The maximum absolute atomic E-state index is 14.1. The summed E-state index contributed by atoms with van der Waals surface area (Å²) in [5.74, 6) is 0.927. The lowest BCUT2D eigenvalue weighted by atomic mass is 9.95. The molecule has 1 fully saturated rings. The largest absolute Gasteiger partial charge is 0.389 e. The molecule has 5 nitrogen and oxygen atoms in total. The molecule has 0 saturated heterocycles. The number of hydrogen-bond acceptors (Lipinski definition) is 3. The van der Waals surface area contributed by atoms with Crippen LogP contribution < -0.4 is 10.6 Å². The average Bonchev–Trinajstić information content (AvgIpc) is 3.38. The normalized spacial score (nSPS) is 17.2. The molecule has 0 heterocycles. The van der Waals surface area contributed by atoms with E-state index in [0.29, 0.717) is 38.2 Å². The maximum atomic E-state index is 14.1. The van der Waals surface area contributed by atoms with E-state index in [1.165, 1.54) is 6.07 Å². The van der Waals surface area contributed by atoms with Gasteiger partial charge in [-0.15, -0.1) is 0 Å². The zero-order chi connectivity index (χ0) is 19.0. The zero-order valence-electron chi connectivity index (χ0n) is 16.1. The standard InChI is InChI=1S/C20H32FN3O2/c1-4-22-19(23-11-16(25)13-26-12-15(2)3)24-14-20(9-10-20)17-7-5-6-8-18(17)21/h5-8,15-16,25H,4,9-14H2,1-3H3,(H2,22,23,24). The number of aliphatic hydroxyl groups excluding tert-OH is 1. The lowest BCUT2D eigenvalue weighted by Crippen LogP contribution is -2.42. The predicted molar refractivity (Wildman–Crippen MR) is 103 cm³/mol. The molecule has 2 rings (SSSR count). The molecule has 0 radical (unpaired) electrons. The number of nitrogens with zero attached hydrogens (tertiary/aromatic N) is 1. The van der Waals surface area contributed by atoms with Crippen LogP contribution >= 0.6 is 0 Å². The summed E-state index contributed by atoms with van der Waals surface area (Å²) in [7, 11) is 0. The third-order valence-corrected chi connectivity index (χ3v) is 4.45. The van der Waals surface area contributed by atoms with E-state index in [9.17, 15) is 9.50 Å². The van der Waals surface area contributed by atoms with Crippen LogP contribution in [0, 0.1) is 11.7 Å². The summed E-state index contributed by atoms with van der Waals surface area (Å²) in [6.07, 6.45) is 1.30. The van der Waals surface area contributed by atoms with Crippen LogP contribution in [0.5, 0.6) is 0 Å². The number of benzene rings is 1. The van der Waals surface area contributed by atoms with Crippen molar-refractivity contribution >= 4 is 5.96 Å². The molecule has 1 saturated carbocycles. The summed E-state index contributed by atoms with van der Waals surface area (Å²) in [5.41, 5.74) is 0.564. The minimum Gasteiger partial charge on any atom is -0.389 e. The van der Waals surface area contributed by atoms with Gasteiger partial charge in [-0.1, -0.05) is 32.0 Å². The second-order valence-electron chi connectivity index (χ2n) is 7.42. The summed E-state index contributed by atoms with van der Waals surface area (Å²) in [5, 5.41) is 16.3. The first-order chi connectivity index (χ1) is 12.5.